The number of rotatable bonds is 4. The monoisotopic (exact) mass is 288 g/mol. The molecule has 0 radical (unpaired) electrons. The third-order valence-electron chi connectivity index (χ3n) is 6.43. The van der Waals surface area contributed by atoms with Gasteiger partial charge in [0.15, 0.2) is 0 Å². The summed E-state index contributed by atoms with van der Waals surface area (Å²) in [5.74, 6) is 4.80. The molecule has 0 N–H and O–H groups in total. The SMILES string of the molecule is CCc1ccc(CC)c(C(Cl)C2C3C4CCC(C4)C32)c1. The molecule has 1 aromatic carbocycles. The molecule has 3 aliphatic rings. The van der Waals surface area contributed by atoms with Crippen LogP contribution in [-0.2, 0) is 12.8 Å². The molecule has 0 nitrogen and oxygen atoms in total. The van der Waals surface area contributed by atoms with Gasteiger partial charge in [-0.3, -0.25) is 0 Å². The van der Waals surface area contributed by atoms with E-state index in [0.29, 0.717) is 0 Å². The van der Waals surface area contributed by atoms with E-state index >= 15 is 0 Å². The van der Waals surface area contributed by atoms with Crippen LogP contribution in [0, 0.1) is 29.6 Å². The van der Waals surface area contributed by atoms with Crippen LogP contribution in [-0.4, -0.2) is 0 Å². The normalized spacial score (nSPS) is 38.9. The van der Waals surface area contributed by atoms with Crippen molar-refractivity contribution in [1.29, 1.82) is 0 Å². The molecule has 0 aromatic heterocycles. The predicted octanol–water partition coefficient (Wildman–Crippen LogP) is 5.38. The van der Waals surface area contributed by atoms with Crippen molar-refractivity contribution in [3.63, 3.8) is 0 Å². The van der Waals surface area contributed by atoms with Crippen molar-refractivity contribution in [1.82, 2.24) is 0 Å². The quantitative estimate of drug-likeness (QED) is 0.652. The second kappa shape index (κ2) is 4.77. The first kappa shape index (κ1) is 13.2. The molecule has 5 unspecified atom stereocenters. The van der Waals surface area contributed by atoms with Gasteiger partial charge in [-0.15, -0.1) is 11.6 Å². The van der Waals surface area contributed by atoms with Crippen molar-refractivity contribution in [3.05, 3.63) is 34.9 Å². The third-order valence-corrected chi connectivity index (χ3v) is 6.96. The molecule has 108 valence electrons. The summed E-state index contributed by atoms with van der Waals surface area (Å²) in [4.78, 5) is 0. The molecule has 5 atom stereocenters. The molecule has 4 rings (SSSR count). The zero-order valence-corrected chi connectivity index (χ0v) is 13.4. The van der Waals surface area contributed by atoms with Crippen LogP contribution < -0.4 is 0 Å². The van der Waals surface area contributed by atoms with Gasteiger partial charge in [0, 0.05) is 0 Å². The second-order valence-corrected chi connectivity index (χ2v) is 7.68. The molecule has 0 saturated heterocycles. The number of alkyl halides is 1. The van der Waals surface area contributed by atoms with Gasteiger partial charge in [0.25, 0.3) is 0 Å². The molecule has 3 fully saturated rings. The molecular formula is C19H25Cl. The van der Waals surface area contributed by atoms with E-state index in [0.717, 1.165) is 42.4 Å². The van der Waals surface area contributed by atoms with E-state index in [1.165, 1.54) is 36.0 Å². The molecule has 0 amide bonds. The number of hydrogen-bond donors (Lipinski definition) is 0. The van der Waals surface area contributed by atoms with E-state index < -0.39 is 0 Å². The summed E-state index contributed by atoms with van der Waals surface area (Å²) < 4.78 is 0. The average molecular weight is 289 g/mol. The van der Waals surface area contributed by atoms with Gasteiger partial charge in [-0.1, -0.05) is 32.0 Å². The summed E-state index contributed by atoms with van der Waals surface area (Å²) in [5, 5.41) is 0.273. The Bertz CT molecular complexity index is 504. The number of benzene rings is 1. The van der Waals surface area contributed by atoms with Crippen LogP contribution in [0.5, 0.6) is 0 Å². The highest BCUT2D eigenvalue weighted by atomic mass is 35.5. The van der Waals surface area contributed by atoms with Crippen molar-refractivity contribution in [2.45, 2.75) is 51.3 Å². The van der Waals surface area contributed by atoms with Crippen LogP contribution in [0.4, 0.5) is 0 Å². The summed E-state index contributed by atoms with van der Waals surface area (Å²) in [7, 11) is 0. The van der Waals surface area contributed by atoms with Crippen molar-refractivity contribution >= 4 is 11.6 Å². The molecule has 1 heteroatoms. The first-order valence-electron chi connectivity index (χ1n) is 8.50. The lowest BCUT2D eigenvalue weighted by molar-refractivity contribution is 0.454. The highest BCUT2D eigenvalue weighted by molar-refractivity contribution is 6.21. The van der Waals surface area contributed by atoms with Crippen LogP contribution in [0.25, 0.3) is 0 Å². The first-order valence-corrected chi connectivity index (χ1v) is 8.94. The van der Waals surface area contributed by atoms with Gasteiger partial charge in [0.2, 0.25) is 0 Å². The fraction of sp³-hybridized carbons (Fsp3) is 0.684. The Kier molecular flexibility index (Phi) is 3.14. The fourth-order valence-electron chi connectivity index (χ4n) is 5.43. The van der Waals surface area contributed by atoms with Crippen molar-refractivity contribution in [2.24, 2.45) is 29.6 Å². The zero-order valence-electron chi connectivity index (χ0n) is 12.6. The van der Waals surface area contributed by atoms with Crippen LogP contribution >= 0.6 is 11.6 Å². The first-order chi connectivity index (χ1) is 9.74. The maximum absolute atomic E-state index is 6.98. The predicted molar refractivity (Wildman–Crippen MR) is 85.1 cm³/mol. The minimum Gasteiger partial charge on any atom is -0.117 e. The topological polar surface area (TPSA) is 0 Å². The second-order valence-electron chi connectivity index (χ2n) is 7.21. The van der Waals surface area contributed by atoms with Gasteiger partial charge in [-0.25, -0.2) is 0 Å². The molecule has 1 aromatic rings. The maximum atomic E-state index is 6.98. The molecule has 20 heavy (non-hydrogen) atoms. The van der Waals surface area contributed by atoms with Gasteiger partial charge >= 0.3 is 0 Å². The van der Waals surface area contributed by atoms with Gasteiger partial charge in [0.1, 0.15) is 0 Å². The Hall–Kier alpha value is -0.490. The highest BCUT2D eigenvalue weighted by Crippen LogP contribution is 2.73. The summed E-state index contributed by atoms with van der Waals surface area (Å²) in [5.41, 5.74) is 4.36. The molecule has 0 aliphatic heterocycles. The van der Waals surface area contributed by atoms with E-state index in [9.17, 15) is 0 Å². The van der Waals surface area contributed by atoms with E-state index in [1.54, 1.807) is 0 Å². The van der Waals surface area contributed by atoms with Crippen molar-refractivity contribution in [3.8, 4) is 0 Å². The van der Waals surface area contributed by atoms with Crippen molar-refractivity contribution < 1.29 is 0 Å². The largest absolute Gasteiger partial charge is 0.117 e. The Morgan fingerprint density at radius 1 is 1.10 bits per heavy atom. The smallest absolute Gasteiger partial charge is 0.0621 e. The summed E-state index contributed by atoms with van der Waals surface area (Å²) in [6.45, 7) is 4.49. The van der Waals surface area contributed by atoms with Crippen LogP contribution in [0.2, 0.25) is 0 Å². The summed E-state index contributed by atoms with van der Waals surface area (Å²) in [6.07, 6.45) is 6.72. The molecular weight excluding hydrogens is 264 g/mol. The lowest BCUT2D eigenvalue weighted by Crippen LogP contribution is -2.07. The Morgan fingerprint density at radius 3 is 2.40 bits per heavy atom. The van der Waals surface area contributed by atoms with Crippen LogP contribution in [0.15, 0.2) is 18.2 Å². The minimum atomic E-state index is 0.273. The standard InChI is InChI=1S/C19H25Cl/c1-3-11-5-6-12(4-2)15(9-11)19(20)18-16-13-7-8-14(10-13)17(16)18/h5-6,9,13-14,16-19H,3-4,7-8,10H2,1-2H3. The van der Waals surface area contributed by atoms with E-state index in [2.05, 4.69) is 32.0 Å². The maximum Gasteiger partial charge on any atom is 0.0621 e. The fourth-order valence-corrected chi connectivity index (χ4v) is 5.97. The van der Waals surface area contributed by atoms with Gasteiger partial charge in [-0.2, -0.15) is 0 Å². The summed E-state index contributed by atoms with van der Waals surface area (Å²) >= 11 is 6.98. The number of hydrogen-bond acceptors (Lipinski definition) is 0. The Balaban J connectivity index is 1.61. The van der Waals surface area contributed by atoms with E-state index in [1.807, 2.05) is 0 Å². The van der Waals surface area contributed by atoms with Gasteiger partial charge < -0.3 is 0 Å². The number of aryl methyl sites for hydroxylation is 2. The van der Waals surface area contributed by atoms with E-state index in [-0.39, 0.29) is 5.38 Å². The third kappa shape index (κ3) is 1.80. The Labute approximate surface area is 127 Å². The molecule has 3 saturated carbocycles. The molecule has 3 aliphatic carbocycles. The van der Waals surface area contributed by atoms with Crippen LogP contribution in [0.1, 0.15) is 55.2 Å². The molecule has 0 heterocycles. The van der Waals surface area contributed by atoms with E-state index in [4.69, 9.17) is 11.6 Å². The van der Waals surface area contributed by atoms with Crippen molar-refractivity contribution in [2.75, 3.05) is 0 Å². The average Bonchev–Trinajstić information content (AvgIpc) is 2.93. The lowest BCUT2D eigenvalue weighted by atomic mass is 9.92. The van der Waals surface area contributed by atoms with Gasteiger partial charge in [0.05, 0.1) is 5.38 Å². The minimum absolute atomic E-state index is 0.273. The zero-order chi connectivity index (χ0) is 13.9. The highest BCUT2D eigenvalue weighted by Gasteiger charge is 2.66. The molecule has 0 spiro atoms. The lowest BCUT2D eigenvalue weighted by Gasteiger charge is -2.18. The number of halogens is 1. The summed E-state index contributed by atoms with van der Waals surface area (Å²) in [6, 6.07) is 6.99. The van der Waals surface area contributed by atoms with Crippen LogP contribution in [0.3, 0.4) is 0 Å². The molecule has 2 bridgehead atoms. The Morgan fingerprint density at radius 2 is 1.80 bits per heavy atom. The van der Waals surface area contributed by atoms with Gasteiger partial charge in [-0.05, 0) is 78.4 Å². The number of fused-ring (bicyclic) bond motifs is 5.